The fourth-order valence-corrected chi connectivity index (χ4v) is 2.86. The second kappa shape index (κ2) is 7.61. The van der Waals surface area contributed by atoms with Crippen molar-refractivity contribution in [1.82, 2.24) is 4.90 Å². The molecule has 2 aromatic rings. The summed E-state index contributed by atoms with van der Waals surface area (Å²) in [5.74, 6) is -1.55. The van der Waals surface area contributed by atoms with Gasteiger partial charge < -0.3 is 19.7 Å². The molecule has 0 aliphatic carbocycles. The van der Waals surface area contributed by atoms with Gasteiger partial charge in [-0.2, -0.15) is 0 Å². The first-order valence-electron chi connectivity index (χ1n) is 8.26. The van der Waals surface area contributed by atoms with Crippen LogP contribution in [0.3, 0.4) is 0 Å². The standard InChI is InChI=1S/C19H18F2N2O4/c1-23-15(5-8-18(23)24)19(25)22-14-10-12(4-7-17(14)26-2)27-16-6-3-11(20)9-13(16)21/h3-4,6-7,9-10,15H,5,8H2,1-2H3,(H,22,25). The zero-order valence-corrected chi connectivity index (χ0v) is 14.8. The Morgan fingerprint density at radius 3 is 2.56 bits per heavy atom. The van der Waals surface area contributed by atoms with E-state index in [2.05, 4.69) is 5.32 Å². The van der Waals surface area contributed by atoms with Crippen LogP contribution in [-0.2, 0) is 9.59 Å². The monoisotopic (exact) mass is 376 g/mol. The Hall–Kier alpha value is -3.16. The molecule has 2 amide bonds. The lowest BCUT2D eigenvalue weighted by Gasteiger charge is -2.20. The second-order valence-electron chi connectivity index (χ2n) is 6.09. The van der Waals surface area contributed by atoms with Crippen LogP contribution < -0.4 is 14.8 Å². The number of hydrogen-bond donors (Lipinski definition) is 1. The number of likely N-dealkylation sites (N-methyl/N-ethyl adjacent to an activating group) is 1. The van der Waals surface area contributed by atoms with E-state index in [9.17, 15) is 18.4 Å². The Bertz CT molecular complexity index is 888. The molecule has 1 unspecified atom stereocenters. The maximum Gasteiger partial charge on any atom is 0.247 e. The molecular formula is C19H18F2N2O4. The molecule has 0 bridgehead atoms. The highest BCUT2D eigenvalue weighted by Crippen LogP contribution is 2.33. The van der Waals surface area contributed by atoms with Gasteiger partial charge in [-0.05, 0) is 30.7 Å². The molecule has 3 rings (SSSR count). The van der Waals surface area contributed by atoms with E-state index in [0.29, 0.717) is 30.3 Å². The van der Waals surface area contributed by atoms with Crippen LogP contribution in [0.2, 0.25) is 0 Å². The van der Waals surface area contributed by atoms with Gasteiger partial charge in [-0.15, -0.1) is 0 Å². The van der Waals surface area contributed by atoms with Crippen LogP contribution in [-0.4, -0.2) is 36.9 Å². The fraction of sp³-hybridized carbons (Fsp3) is 0.263. The first kappa shape index (κ1) is 18.6. The lowest BCUT2D eigenvalue weighted by molar-refractivity contribution is -0.131. The molecule has 142 valence electrons. The van der Waals surface area contributed by atoms with E-state index >= 15 is 0 Å². The minimum absolute atomic E-state index is 0.0917. The van der Waals surface area contributed by atoms with Gasteiger partial charge in [0.15, 0.2) is 11.6 Å². The van der Waals surface area contributed by atoms with Crippen LogP contribution in [0.5, 0.6) is 17.2 Å². The zero-order chi connectivity index (χ0) is 19.6. The molecule has 6 nitrogen and oxygen atoms in total. The van der Waals surface area contributed by atoms with E-state index in [1.165, 1.54) is 30.2 Å². The van der Waals surface area contributed by atoms with E-state index < -0.39 is 17.7 Å². The third-order valence-corrected chi connectivity index (χ3v) is 4.35. The van der Waals surface area contributed by atoms with Gasteiger partial charge in [0.2, 0.25) is 11.8 Å². The quantitative estimate of drug-likeness (QED) is 0.869. The third-order valence-electron chi connectivity index (χ3n) is 4.35. The van der Waals surface area contributed by atoms with Crippen LogP contribution >= 0.6 is 0 Å². The number of halogens is 2. The van der Waals surface area contributed by atoms with Gasteiger partial charge in [-0.3, -0.25) is 9.59 Å². The molecule has 1 heterocycles. The average molecular weight is 376 g/mol. The fourth-order valence-electron chi connectivity index (χ4n) is 2.86. The summed E-state index contributed by atoms with van der Waals surface area (Å²) in [4.78, 5) is 25.5. The molecule has 0 saturated carbocycles. The number of ether oxygens (including phenoxy) is 2. The summed E-state index contributed by atoms with van der Waals surface area (Å²) in [7, 11) is 3.02. The number of carbonyl (C=O) groups is 2. The zero-order valence-electron chi connectivity index (χ0n) is 14.8. The molecule has 0 spiro atoms. The molecule has 1 aliphatic heterocycles. The summed E-state index contributed by atoms with van der Waals surface area (Å²) >= 11 is 0. The van der Waals surface area contributed by atoms with Gasteiger partial charge in [-0.1, -0.05) is 0 Å². The molecule has 0 radical (unpaired) electrons. The van der Waals surface area contributed by atoms with Crippen molar-refractivity contribution in [2.75, 3.05) is 19.5 Å². The van der Waals surface area contributed by atoms with Gasteiger partial charge in [0.1, 0.15) is 23.4 Å². The number of nitrogens with one attached hydrogen (secondary N) is 1. The highest BCUT2D eigenvalue weighted by Gasteiger charge is 2.33. The number of rotatable bonds is 5. The Morgan fingerprint density at radius 2 is 1.93 bits per heavy atom. The molecule has 8 heteroatoms. The number of carbonyl (C=O) groups excluding carboxylic acids is 2. The van der Waals surface area contributed by atoms with Crippen molar-refractivity contribution >= 4 is 17.5 Å². The summed E-state index contributed by atoms with van der Waals surface area (Å²) in [5.41, 5.74) is 0.315. The normalized spacial score (nSPS) is 16.4. The number of hydrogen-bond acceptors (Lipinski definition) is 4. The molecular weight excluding hydrogens is 358 g/mol. The van der Waals surface area contributed by atoms with Crippen molar-refractivity contribution in [3.05, 3.63) is 48.0 Å². The van der Waals surface area contributed by atoms with E-state index in [1.54, 1.807) is 13.1 Å². The van der Waals surface area contributed by atoms with Crippen molar-refractivity contribution in [2.45, 2.75) is 18.9 Å². The number of benzene rings is 2. The van der Waals surface area contributed by atoms with Crippen LogP contribution in [0.15, 0.2) is 36.4 Å². The van der Waals surface area contributed by atoms with Crippen LogP contribution in [0.25, 0.3) is 0 Å². The molecule has 2 aromatic carbocycles. The summed E-state index contributed by atoms with van der Waals surface area (Å²) in [6.07, 6.45) is 0.749. The number of amides is 2. The van der Waals surface area contributed by atoms with Gasteiger partial charge in [0.05, 0.1) is 12.8 Å². The first-order chi connectivity index (χ1) is 12.9. The Morgan fingerprint density at radius 1 is 1.19 bits per heavy atom. The molecule has 1 atom stereocenters. The number of nitrogens with zero attached hydrogens (tertiary/aromatic N) is 1. The van der Waals surface area contributed by atoms with Crippen molar-refractivity contribution in [3.63, 3.8) is 0 Å². The van der Waals surface area contributed by atoms with Crippen LogP contribution in [0.4, 0.5) is 14.5 Å². The van der Waals surface area contributed by atoms with Gasteiger partial charge in [-0.25, -0.2) is 8.78 Å². The lowest BCUT2D eigenvalue weighted by Crippen LogP contribution is -2.38. The summed E-state index contributed by atoms with van der Waals surface area (Å²) in [6, 6.07) is 6.95. The SMILES string of the molecule is COc1ccc(Oc2ccc(F)cc2F)cc1NC(=O)C1CCC(=O)N1C. The van der Waals surface area contributed by atoms with E-state index in [-0.39, 0.29) is 23.3 Å². The molecule has 1 fully saturated rings. The highest BCUT2D eigenvalue weighted by molar-refractivity contribution is 5.99. The van der Waals surface area contributed by atoms with Crippen molar-refractivity contribution in [2.24, 2.45) is 0 Å². The Labute approximate surface area is 154 Å². The molecule has 1 saturated heterocycles. The van der Waals surface area contributed by atoms with E-state index in [0.717, 1.165) is 6.07 Å². The smallest absolute Gasteiger partial charge is 0.247 e. The van der Waals surface area contributed by atoms with Crippen molar-refractivity contribution in [1.29, 1.82) is 0 Å². The average Bonchev–Trinajstić information content (AvgIpc) is 2.97. The number of anilines is 1. The molecule has 1 N–H and O–H groups in total. The first-order valence-corrected chi connectivity index (χ1v) is 8.26. The van der Waals surface area contributed by atoms with Gasteiger partial charge in [0.25, 0.3) is 0 Å². The molecule has 1 aliphatic rings. The second-order valence-corrected chi connectivity index (χ2v) is 6.09. The lowest BCUT2D eigenvalue weighted by atomic mass is 10.2. The summed E-state index contributed by atoms with van der Waals surface area (Å²) in [5, 5.41) is 2.71. The predicted molar refractivity (Wildman–Crippen MR) is 93.8 cm³/mol. The van der Waals surface area contributed by atoms with E-state index in [1.807, 2.05) is 0 Å². The van der Waals surface area contributed by atoms with Crippen molar-refractivity contribution in [3.8, 4) is 17.2 Å². The van der Waals surface area contributed by atoms with Gasteiger partial charge in [0, 0.05) is 25.6 Å². The number of likely N-dealkylation sites (tertiary alicyclic amines) is 1. The Kier molecular flexibility index (Phi) is 5.25. The third kappa shape index (κ3) is 3.99. The maximum absolute atomic E-state index is 13.8. The summed E-state index contributed by atoms with van der Waals surface area (Å²) in [6.45, 7) is 0. The van der Waals surface area contributed by atoms with Crippen LogP contribution in [0.1, 0.15) is 12.8 Å². The van der Waals surface area contributed by atoms with Gasteiger partial charge >= 0.3 is 0 Å². The van der Waals surface area contributed by atoms with Crippen molar-refractivity contribution < 1.29 is 27.8 Å². The Balaban J connectivity index is 1.81. The minimum atomic E-state index is -0.845. The summed E-state index contributed by atoms with van der Waals surface area (Å²) < 4.78 is 37.5. The minimum Gasteiger partial charge on any atom is -0.495 e. The molecule has 0 aromatic heterocycles. The number of methoxy groups -OCH3 is 1. The molecule has 27 heavy (non-hydrogen) atoms. The predicted octanol–water partition coefficient (Wildman–Crippen LogP) is 3.33. The largest absolute Gasteiger partial charge is 0.495 e. The topological polar surface area (TPSA) is 67.9 Å². The highest BCUT2D eigenvalue weighted by atomic mass is 19.1. The van der Waals surface area contributed by atoms with Crippen LogP contribution in [0, 0.1) is 11.6 Å². The van der Waals surface area contributed by atoms with E-state index in [4.69, 9.17) is 9.47 Å². The maximum atomic E-state index is 13.8.